The molecule has 0 bridgehead atoms. The lowest BCUT2D eigenvalue weighted by Crippen LogP contribution is -2.41. The lowest BCUT2D eigenvalue weighted by atomic mass is 10.2. The molecule has 0 atom stereocenters. The second-order valence-corrected chi connectivity index (χ2v) is 7.76. The highest BCUT2D eigenvalue weighted by molar-refractivity contribution is 7.89. The van der Waals surface area contributed by atoms with Crippen LogP contribution in [0, 0.1) is 0 Å². The summed E-state index contributed by atoms with van der Waals surface area (Å²) in [7, 11) is -3.62. The van der Waals surface area contributed by atoms with E-state index in [2.05, 4.69) is 25.1 Å². The van der Waals surface area contributed by atoms with E-state index >= 15 is 0 Å². The molecule has 0 heterocycles. The molecule has 0 aliphatic carbocycles. The normalized spacial score (nSPS) is 12.5. The van der Waals surface area contributed by atoms with Gasteiger partial charge < -0.3 is 15.4 Å². The van der Waals surface area contributed by atoms with Crippen LogP contribution in [0.1, 0.15) is 12.5 Å². The Kier molecular flexibility index (Phi) is 8.48. The number of para-hydroxylation sites is 1. The number of halogens is 3. The molecule has 0 unspecified atom stereocenters. The highest BCUT2D eigenvalue weighted by Crippen LogP contribution is 2.26. The molecule has 7 nitrogen and oxygen atoms in total. The van der Waals surface area contributed by atoms with Gasteiger partial charge in [-0.25, -0.2) is 18.1 Å². The second-order valence-electron chi connectivity index (χ2n) is 5.99. The molecule has 0 saturated heterocycles. The van der Waals surface area contributed by atoms with Gasteiger partial charge in [-0.05, 0) is 25.1 Å². The smallest absolute Gasteiger partial charge is 0.405 e. The first-order valence-electron chi connectivity index (χ1n) is 9.12. The summed E-state index contributed by atoms with van der Waals surface area (Å²) < 4.78 is 68.4. The first-order valence-corrected chi connectivity index (χ1v) is 10.6. The zero-order valence-corrected chi connectivity index (χ0v) is 17.1. The average molecular weight is 444 g/mol. The van der Waals surface area contributed by atoms with E-state index in [0.717, 1.165) is 0 Å². The Morgan fingerprint density at radius 2 is 1.67 bits per heavy atom. The number of hydrogen-bond donors (Lipinski definition) is 3. The van der Waals surface area contributed by atoms with E-state index in [1.807, 2.05) is 6.92 Å². The van der Waals surface area contributed by atoms with Crippen LogP contribution in [0.4, 0.5) is 13.2 Å². The largest absolute Gasteiger partial charge is 0.573 e. The van der Waals surface area contributed by atoms with Crippen LogP contribution in [0.3, 0.4) is 0 Å². The summed E-state index contributed by atoms with van der Waals surface area (Å²) in [5.74, 6) is 0.0124. The molecule has 2 aromatic rings. The van der Waals surface area contributed by atoms with Crippen molar-refractivity contribution in [3.63, 3.8) is 0 Å². The van der Waals surface area contributed by atoms with Gasteiger partial charge in [0, 0.05) is 25.2 Å². The Balaban J connectivity index is 1.94. The number of aliphatic imine (C=N–C) groups is 1. The van der Waals surface area contributed by atoms with E-state index in [-0.39, 0.29) is 35.8 Å². The second kappa shape index (κ2) is 10.8. The first-order chi connectivity index (χ1) is 14.2. The summed E-state index contributed by atoms with van der Waals surface area (Å²) in [5.41, 5.74) is 0.261. The quantitative estimate of drug-likeness (QED) is 0.314. The number of hydrogen-bond acceptors (Lipinski definition) is 4. The number of guanidine groups is 1. The van der Waals surface area contributed by atoms with E-state index in [4.69, 9.17) is 0 Å². The molecule has 30 heavy (non-hydrogen) atoms. The van der Waals surface area contributed by atoms with E-state index in [0.29, 0.717) is 12.5 Å². The van der Waals surface area contributed by atoms with Crippen LogP contribution in [0.5, 0.6) is 5.75 Å². The number of nitrogens with one attached hydrogen (secondary N) is 3. The maximum atomic E-state index is 12.5. The van der Waals surface area contributed by atoms with Crippen molar-refractivity contribution < 1.29 is 26.3 Å². The molecule has 0 radical (unpaired) electrons. The molecular formula is C19H23F3N4O3S. The van der Waals surface area contributed by atoms with Crippen molar-refractivity contribution in [3.8, 4) is 5.75 Å². The minimum absolute atomic E-state index is 0.0582. The number of benzene rings is 2. The maximum Gasteiger partial charge on any atom is 0.573 e. The van der Waals surface area contributed by atoms with Crippen LogP contribution in [0.25, 0.3) is 0 Å². The monoisotopic (exact) mass is 444 g/mol. The molecule has 0 saturated carbocycles. The topological polar surface area (TPSA) is 91.8 Å². The zero-order chi connectivity index (χ0) is 22.0. The van der Waals surface area contributed by atoms with Gasteiger partial charge >= 0.3 is 6.36 Å². The van der Waals surface area contributed by atoms with Crippen LogP contribution in [0.15, 0.2) is 64.5 Å². The van der Waals surface area contributed by atoms with Gasteiger partial charge in [0.2, 0.25) is 10.0 Å². The molecule has 0 aliphatic rings. The third-order valence-electron chi connectivity index (χ3n) is 3.71. The fourth-order valence-corrected chi connectivity index (χ4v) is 3.47. The van der Waals surface area contributed by atoms with Crippen LogP contribution in [-0.2, 0) is 16.6 Å². The first kappa shape index (κ1) is 23.5. The molecule has 2 rings (SSSR count). The van der Waals surface area contributed by atoms with E-state index < -0.39 is 16.4 Å². The third kappa shape index (κ3) is 7.91. The molecule has 0 fully saturated rings. The fourth-order valence-electron chi connectivity index (χ4n) is 2.41. The molecule has 0 amide bonds. The highest BCUT2D eigenvalue weighted by atomic mass is 32.2. The Morgan fingerprint density at radius 3 is 2.33 bits per heavy atom. The summed E-state index contributed by atoms with van der Waals surface area (Å²) in [4.78, 5) is 4.40. The van der Waals surface area contributed by atoms with Crippen molar-refractivity contribution in [1.82, 2.24) is 15.4 Å². The van der Waals surface area contributed by atoms with Gasteiger partial charge in [0.1, 0.15) is 5.75 Å². The van der Waals surface area contributed by atoms with Gasteiger partial charge in [-0.15, -0.1) is 13.2 Å². The van der Waals surface area contributed by atoms with Gasteiger partial charge in [0.25, 0.3) is 0 Å². The number of ether oxygens (including phenoxy) is 1. The number of alkyl halides is 3. The summed E-state index contributed by atoms with van der Waals surface area (Å²) in [6.07, 6.45) is -4.79. The van der Waals surface area contributed by atoms with Crippen LogP contribution in [-0.4, -0.2) is 40.4 Å². The SMILES string of the molecule is CCNC(=NCc1ccccc1OC(F)(F)F)NCCNS(=O)(=O)c1ccccc1. The molecule has 0 aliphatic heterocycles. The van der Waals surface area contributed by atoms with Gasteiger partial charge in [-0.2, -0.15) is 0 Å². The van der Waals surface area contributed by atoms with E-state index in [9.17, 15) is 21.6 Å². The van der Waals surface area contributed by atoms with E-state index in [1.165, 1.54) is 30.3 Å². The summed E-state index contributed by atoms with van der Waals surface area (Å²) in [5, 5.41) is 5.88. The van der Waals surface area contributed by atoms with Gasteiger partial charge in [0.15, 0.2) is 5.96 Å². The van der Waals surface area contributed by atoms with Gasteiger partial charge in [-0.1, -0.05) is 36.4 Å². The summed E-state index contributed by atoms with van der Waals surface area (Å²) >= 11 is 0. The summed E-state index contributed by atoms with van der Waals surface area (Å²) in [6.45, 7) is 2.60. The Morgan fingerprint density at radius 1 is 1.00 bits per heavy atom. The van der Waals surface area contributed by atoms with Crippen molar-refractivity contribution in [2.75, 3.05) is 19.6 Å². The van der Waals surface area contributed by atoms with Crippen molar-refractivity contribution in [2.24, 2.45) is 4.99 Å². The predicted octanol–water partition coefficient (Wildman–Crippen LogP) is 2.62. The molecule has 2 aromatic carbocycles. The predicted molar refractivity (Wildman–Crippen MR) is 108 cm³/mol. The van der Waals surface area contributed by atoms with Crippen LogP contribution >= 0.6 is 0 Å². The minimum Gasteiger partial charge on any atom is -0.405 e. The molecule has 11 heteroatoms. The number of rotatable bonds is 9. The molecule has 0 aromatic heterocycles. The minimum atomic E-state index is -4.79. The molecule has 3 N–H and O–H groups in total. The molecule has 0 spiro atoms. The number of sulfonamides is 1. The number of nitrogens with zero attached hydrogens (tertiary/aromatic N) is 1. The lowest BCUT2D eigenvalue weighted by molar-refractivity contribution is -0.274. The Bertz CT molecular complexity index is 936. The maximum absolute atomic E-state index is 12.5. The van der Waals surface area contributed by atoms with Crippen LogP contribution in [0.2, 0.25) is 0 Å². The standard InChI is InChI=1S/C19H23F3N4O3S/c1-2-23-18(24-12-13-26-30(27,28)16-9-4-3-5-10-16)25-14-15-8-6-7-11-17(15)29-19(20,21)22/h3-11,26H,2,12-14H2,1H3,(H2,23,24,25). The van der Waals surface area contributed by atoms with Crippen LogP contribution < -0.4 is 20.1 Å². The van der Waals surface area contributed by atoms with E-state index in [1.54, 1.807) is 24.3 Å². The lowest BCUT2D eigenvalue weighted by Gasteiger charge is -2.14. The van der Waals surface area contributed by atoms with Crippen molar-refractivity contribution >= 4 is 16.0 Å². The Labute approximate surface area is 173 Å². The van der Waals surface area contributed by atoms with Crippen molar-refractivity contribution in [3.05, 3.63) is 60.2 Å². The Hall–Kier alpha value is -2.79. The molecule has 164 valence electrons. The fraction of sp³-hybridized carbons (Fsp3) is 0.316. The third-order valence-corrected chi connectivity index (χ3v) is 5.19. The molecular weight excluding hydrogens is 421 g/mol. The van der Waals surface area contributed by atoms with Crippen molar-refractivity contribution in [1.29, 1.82) is 0 Å². The zero-order valence-electron chi connectivity index (χ0n) is 16.2. The highest BCUT2D eigenvalue weighted by Gasteiger charge is 2.31. The van der Waals surface area contributed by atoms with Gasteiger partial charge in [-0.3, -0.25) is 0 Å². The van der Waals surface area contributed by atoms with Gasteiger partial charge in [0.05, 0.1) is 11.4 Å². The summed E-state index contributed by atoms with van der Waals surface area (Å²) in [6, 6.07) is 13.7. The van der Waals surface area contributed by atoms with Crippen molar-refractivity contribution in [2.45, 2.75) is 24.7 Å². The average Bonchev–Trinajstić information content (AvgIpc) is 2.70.